The number of thiophene rings is 1. The molecule has 2 aromatic carbocycles. The van der Waals surface area contributed by atoms with Crippen molar-refractivity contribution in [3.8, 4) is 5.75 Å². The van der Waals surface area contributed by atoms with Gasteiger partial charge in [0.25, 0.3) is 5.91 Å². The Hall–Kier alpha value is -2.82. The van der Waals surface area contributed by atoms with Crippen molar-refractivity contribution in [2.75, 3.05) is 0 Å². The summed E-state index contributed by atoms with van der Waals surface area (Å²) in [7, 11) is -3.77. The zero-order valence-corrected chi connectivity index (χ0v) is 17.2. The molecule has 0 unspecified atom stereocenters. The number of halogens is 2. The van der Waals surface area contributed by atoms with Crippen LogP contribution in [-0.4, -0.2) is 20.9 Å². The number of rotatable bonds is 9. The van der Waals surface area contributed by atoms with Crippen LogP contribution in [0.1, 0.15) is 20.8 Å². The van der Waals surface area contributed by atoms with Gasteiger partial charge in [-0.3, -0.25) is 4.79 Å². The van der Waals surface area contributed by atoms with Crippen LogP contribution < -0.4 is 14.8 Å². The quantitative estimate of drug-likeness (QED) is 0.518. The van der Waals surface area contributed by atoms with E-state index in [1.54, 1.807) is 12.1 Å². The van der Waals surface area contributed by atoms with E-state index in [0.717, 1.165) is 4.88 Å². The molecule has 3 rings (SSSR count). The van der Waals surface area contributed by atoms with Crippen molar-refractivity contribution in [2.45, 2.75) is 24.6 Å². The van der Waals surface area contributed by atoms with Crippen LogP contribution in [0.5, 0.6) is 5.75 Å². The van der Waals surface area contributed by atoms with Gasteiger partial charge in [-0.05, 0) is 47.3 Å². The van der Waals surface area contributed by atoms with Crippen LogP contribution in [0.4, 0.5) is 8.78 Å². The van der Waals surface area contributed by atoms with Crippen molar-refractivity contribution in [2.24, 2.45) is 0 Å². The van der Waals surface area contributed by atoms with Crippen molar-refractivity contribution in [3.05, 3.63) is 82.0 Å². The van der Waals surface area contributed by atoms with E-state index in [0.29, 0.717) is 5.56 Å². The Morgan fingerprint density at radius 3 is 2.47 bits per heavy atom. The molecule has 30 heavy (non-hydrogen) atoms. The fourth-order valence-electron chi connectivity index (χ4n) is 2.54. The summed E-state index contributed by atoms with van der Waals surface area (Å²) >= 11 is 1.44. The summed E-state index contributed by atoms with van der Waals surface area (Å²) in [6, 6.07) is 15.2. The molecule has 0 bridgehead atoms. The highest BCUT2D eigenvalue weighted by molar-refractivity contribution is 7.89. The second-order valence-electron chi connectivity index (χ2n) is 6.14. The number of carbonyl (C=O) groups excluding carboxylic acids is 1. The number of ether oxygens (including phenoxy) is 1. The van der Waals surface area contributed by atoms with Gasteiger partial charge in [0.2, 0.25) is 10.0 Å². The predicted octanol–water partition coefficient (Wildman–Crippen LogP) is 3.76. The first-order chi connectivity index (χ1) is 14.3. The first-order valence-electron chi connectivity index (χ1n) is 8.77. The molecule has 0 aliphatic carbocycles. The first kappa shape index (κ1) is 21.9. The second kappa shape index (κ2) is 9.79. The third kappa shape index (κ3) is 6.09. The number of hydrogen-bond acceptors (Lipinski definition) is 5. The molecule has 0 fully saturated rings. The monoisotopic (exact) mass is 452 g/mol. The van der Waals surface area contributed by atoms with Gasteiger partial charge in [0, 0.05) is 23.5 Å². The molecule has 6 nitrogen and oxygen atoms in total. The maximum Gasteiger partial charge on any atom is 0.387 e. The third-order valence-electron chi connectivity index (χ3n) is 4.02. The van der Waals surface area contributed by atoms with E-state index in [1.165, 1.54) is 47.7 Å². The van der Waals surface area contributed by atoms with E-state index in [-0.39, 0.29) is 29.3 Å². The lowest BCUT2D eigenvalue weighted by molar-refractivity contribution is -0.0498. The summed E-state index contributed by atoms with van der Waals surface area (Å²) in [5.74, 6) is -0.439. The van der Waals surface area contributed by atoms with Gasteiger partial charge in [-0.2, -0.15) is 8.78 Å². The molecule has 0 spiro atoms. The lowest BCUT2D eigenvalue weighted by Crippen LogP contribution is -2.25. The minimum absolute atomic E-state index is 0.0137. The number of nitrogens with one attached hydrogen (secondary N) is 2. The van der Waals surface area contributed by atoms with Gasteiger partial charge in [0.15, 0.2) is 0 Å². The summed E-state index contributed by atoms with van der Waals surface area (Å²) in [5.41, 5.74) is 0.859. The van der Waals surface area contributed by atoms with Gasteiger partial charge in [-0.25, -0.2) is 13.1 Å². The summed E-state index contributed by atoms with van der Waals surface area (Å²) < 4.78 is 56.1. The van der Waals surface area contributed by atoms with Crippen LogP contribution in [0.25, 0.3) is 0 Å². The molecule has 158 valence electrons. The fraction of sp³-hybridized carbons (Fsp3) is 0.150. The highest BCUT2D eigenvalue weighted by atomic mass is 32.2. The van der Waals surface area contributed by atoms with Gasteiger partial charge < -0.3 is 10.1 Å². The minimum atomic E-state index is -3.77. The molecule has 3 aromatic rings. The lowest BCUT2D eigenvalue weighted by atomic mass is 10.2. The van der Waals surface area contributed by atoms with Gasteiger partial charge in [-0.1, -0.05) is 24.3 Å². The van der Waals surface area contributed by atoms with Crippen molar-refractivity contribution in [3.63, 3.8) is 0 Å². The number of alkyl halides is 2. The number of carbonyl (C=O) groups is 1. The summed E-state index contributed by atoms with van der Waals surface area (Å²) in [6.07, 6.45) is 0. The molecule has 10 heteroatoms. The average molecular weight is 453 g/mol. The molecule has 1 aromatic heterocycles. The van der Waals surface area contributed by atoms with Gasteiger partial charge in [0.1, 0.15) is 5.75 Å². The van der Waals surface area contributed by atoms with Crippen LogP contribution in [0, 0.1) is 0 Å². The van der Waals surface area contributed by atoms with E-state index in [4.69, 9.17) is 0 Å². The number of amides is 1. The summed E-state index contributed by atoms with van der Waals surface area (Å²) in [4.78, 5) is 13.3. The van der Waals surface area contributed by atoms with Crippen LogP contribution in [0.2, 0.25) is 0 Å². The van der Waals surface area contributed by atoms with Crippen molar-refractivity contribution in [1.29, 1.82) is 0 Å². The summed E-state index contributed by atoms with van der Waals surface area (Å²) in [6.45, 7) is -2.60. The highest BCUT2D eigenvalue weighted by Gasteiger charge is 2.16. The standard InChI is InChI=1S/C20H18F2N2O4S2/c21-20(22)28-16-8-6-14(7-9-16)12-23-19(25)15-3-1-5-18(11-15)30(26,27)24-13-17-4-2-10-29-17/h1-11,20,24H,12-13H2,(H,23,25). The molecular formula is C20H18F2N2O4S2. The molecule has 0 aliphatic heterocycles. The Morgan fingerprint density at radius 2 is 1.80 bits per heavy atom. The summed E-state index contributed by atoms with van der Waals surface area (Å²) in [5, 5.41) is 4.52. The highest BCUT2D eigenvalue weighted by Crippen LogP contribution is 2.16. The normalized spacial score (nSPS) is 11.4. The fourth-order valence-corrected chi connectivity index (χ4v) is 4.33. The first-order valence-corrected chi connectivity index (χ1v) is 11.1. The zero-order chi connectivity index (χ0) is 21.6. The van der Waals surface area contributed by atoms with E-state index in [1.807, 2.05) is 17.5 Å². The van der Waals surface area contributed by atoms with Gasteiger partial charge >= 0.3 is 6.61 Å². The Morgan fingerprint density at radius 1 is 1.03 bits per heavy atom. The van der Waals surface area contributed by atoms with Crippen LogP contribution in [0.3, 0.4) is 0 Å². The Bertz CT molecular complexity index is 1090. The topological polar surface area (TPSA) is 84.5 Å². The molecule has 0 radical (unpaired) electrons. The SMILES string of the molecule is O=C(NCc1ccc(OC(F)F)cc1)c1cccc(S(=O)(=O)NCc2cccs2)c1. The van der Waals surface area contributed by atoms with Gasteiger partial charge in [-0.15, -0.1) is 11.3 Å². The van der Waals surface area contributed by atoms with Crippen LogP contribution >= 0.6 is 11.3 Å². The predicted molar refractivity (Wildman–Crippen MR) is 109 cm³/mol. The number of sulfonamides is 1. The number of hydrogen-bond donors (Lipinski definition) is 2. The van der Waals surface area contributed by atoms with E-state index < -0.39 is 22.5 Å². The third-order valence-corrected chi connectivity index (χ3v) is 6.30. The van der Waals surface area contributed by atoms with Gasteiger partial charge in [0.05, 0.1) is 4.90 Å². The van der Waals surface area contributed by atoms with E-state index in [9.17, 15) is 22.0 Å². The van der Waals surface area contributed by atoms with E-state index >= 15 is 0 Å². The van der Waals surface area contributed by atoms with Crippen LogP contribution in [0.15, 0.2) is 70.9 Å². The molecular weight excluding hydrogens is 434 g/mol. The lowest BCUT2D eigenvalue weighted by Gasteiger charge is -2.09. The Kier molecular flexibility index (Phi) is 7.14. The molecule has 0 saturated heterocycles. The molecule has 2 N–H and O–H groups in total. The average Bonchev–Trinajstić information content (AvgIpc) is 3.25. The van der Waals surface area contributed by atoms with Crippen LogP contribution in [-0.2, 0) is 23.1 Å². The Balaban J connectivity index is 1.61. The maximum absolute atomic E-state index is 12.5. The molecule has 0 atom stereocenters. The smallest absolute Gasteiger partial charge is 0.387 e. The van der Waals surface area contributed by atoms with Crippen molar-refractivity contribution >= 4 is 27.3 Å². The van der Waals surface area contributed by atoms with E-state index in [2.05, 4.69) is 14.8 Å². The molecule has 1 amide bonds. The van der Waals surface area contributed by atoms with Crippen molar-refractivity contribution < 1.29 is 26.7 Å². The second-order valence-corrected chi connectivity index (χ2v) is 8.94. The largest absolute Gasteiger partial charge is 0.435 e. The minimum Gasteiger partial charge on any atom is -0.435 e. The number of benzene rings is 2. The Labute approximate surface area is 176 Å². The molecule has 0 saturated carbocycles. The maximum atomic E-state index is 12.5. The van der Waals surface area contributed by atoms with Crippen molar-refractivity contribution in [1.82, 2.24) is 10.0 Å². The zero-order valence-electron chi connectivity index (χ0n) is 15.5. The molecule has 1 heterocycles. The molecule has 0 aliphatic rings.